The molecular weight excluding hydrogens is 450 g/mol. The van der Waals surface area contributed by atoms with Gasteiger partial charge in [-0.3, -0.25) is 0 Å². The van der Waals surface area contributed by atoms with Crippen LogP contribution >= 0.6 is 0 Å². The SMILES string of the molecule is CC[Si](CC)(c1ccc2c(-c3cc(-c4ccccc4)cc(C(C)C)c3C)[n+](C)ccc2c1)C(C)(C)C. The molecule has 0 saturated carbocycles. The highest BCUT2D eigenvalue weighted by Crippen LogP contribution is 2.42. The van der Waals surface area contributed by atoms with Gasteiger partial charge in [-0.1, -0.05) is 114 Å². The Balaban J connectivity index is 2.00. The molecule has 0 fully saturated rings. The first-order chi connectivity index (χ1) is 17.0. The molecule has 0 amide bonds. The first-order valence-electron chi connectivity index (χ1n) is 13.7. The van der Waals surface area contributed by atoms with Crippen molar-refractivity contribution in [3.8, 4) is 22.4 Å². The minimum atomic E-state index is -1.64. The van der Waals surface area contributed by atoms with Gasteiger partial charge in [0, 0.05) is 6.07 Å². The molecule has 0 radical (unpaired) electrons. The lowest BCUT2D eigenvalue weighted by atomic mass is 9.87. The van der Waals surface area contributed by atoms with Crippen LogP contribution in [0.3, 0.4) is 0 Å². The highest BCUT2D eigenvalue weighted by atomic mass is 28.3. The molecule has 1 heterocycles. The van der Waals surface area contributed by atoms with Crippen LogP contribution in [0.4, 0.5) is 0 Å². The van der Waals surface area contributed by atoms with E-state index in [1.807, 2.05) is 0 Å². The molecule has 3 aromatic carbocycles. The van der Waals surface area contributed by atoms with Crippen LogP contribution in [0.25, 0.3) is 33.2 Å². The lowest BCUT2D eigenvalue weighted by molar-refractivity contribution is -0.659. The molecule has 188 valence electrons. The van der Waals surface area contributed by atoms with Gasteiger partial charge in [0.05, 0.1) is 19.0 Å². The molecule has 4 aromatic rings. The van der Waals surface area contributed by atoms with Crippen molar-refractivity contribution in [3.05, 3.63) is 84.1 Å². The fourth-order valence-electron chi connectivity index (χ4n) is 6.54. The van der Waals surface area contributed by atoms with Crippen molar-refractivity contribution < 1.29 is 4.57 Å². The number of hydrogen-bond donors (Lipinski definition) is 0. The summed E-state index contributed by atoms with van der Waals surface area (Å²) in [7, 11) is 0.550. The standard InChI is InChI=1S/C34H44NSi/c1-10-36(11-2,34(6,7)8)29-17-18-30-27(21-29)19-20-35(9)33(30)32-23-28(26-15-13-12-14-16-26)22-31(24(3)4)25(32)5/h12-24H,10-11H2,1-9H3/q+1. The second kappa shape index (κ2) is 9.98. The van der Waals surface area contributed by atoms with Gasteiger partial charge in [0.25, 0.3) is 0 Å². The summed E-state index contributed by atoms with van der Waals surface area (Å²) in [5, 5.41) is 4.64. The van der Waals surface area contributed by atoms with E-state index in [2.05, 4.69) is 140 Å². The number of fused-ring (bicyclic) bond motifs is 1. The summed E-state index contributed by atoms with van der Waals surface area (Å²) in [6.45, 7) is 19.1. The molecule has 1 nitrogen and oxygen atoms in total. The van der Waals surface area contributed by atoms with Gasteiger partial charge < -0.3 is 0 Å². The maximum Gasteiger partial charge on any atom is 0.220 e. The average molecular weight is 495 g/mol. The Morgan fingerprint density at radius 1 is 0.833 bits per heavy atom. The number of rotatable bonds is 6. The van der Waals surface area contributed by atoms with Crippen molar-refractivity contribution in [2.24, 2.45) is 7.05 Å². The summed E-state index contributed by atoms with van der Waals surface area (Å²) in [5.41, 5.74) is 8.04. The molecule has 0 spiro atoms. The minimum Gasteiger partial charge on any atom is -0.200 e. The third kappa shape index (κ3) is 4.45. The molecule has 0 N–H and O–H groups in total. The zero-order valence-electron chi connectivity index (χ0n) is 23.9. The Bertz CT molecular complexity index is 1370. The molecule has 0 aliphatic carbocycles. The Morgan fingerprint density at radius 3 is 2.08 bits per heavy atom. The largest absolute Gasteiger partial charge is 0.220 e. The number of pyridine rings is 1. The summed E-state index contributed by atoms with van der Waals surface area (Å²) >= 11 is 0. The zero-order valence-corrected chi connectivity index (χ0v) is 24.9. The second-order valence-corrected chi connectivity index (χ2v) is 17.5. The van der Waals surface area contributed by atoms with E-state index in [0.717, 1.165) is 0 Å². The van der Waals surface area contributed by atoms with Crippen molar-refractivity contribution in [3.63, 3.8) is 0 Å². The Morgan fingerprint density at radius 2 is 1.50 bits per heavy atom. The second-order valence-electron chi connectivity index (χ2n) is 11.9. The quantitative estimate of drug-likeness (QED) is 0.186. The van der Waals surface area contributed by atoms with Crippen molar-refractivity contribution in [2.45, 2.75) is 78.4 Å². The molecule has 0 atom stereocenters. The summed E-state index contributed by atoms with van der Waals surface area (Å²) in [4.78, 5) is 0. The number of hydrogen-bond acceptors (Lipinski definition) is 0. The first-order valence-corrected chi connectivity index (χ1v) is 16.1. The van der Waals surface area contributed by atoms with Gasteiger partial charge in [0.1, 0.15) is 7.05 Å². The molecule has 0 bridgehead atoms. The molecule has 0 aliphatic rings. The van der Waals surface area contributed by atoms with Crippen LogP contribution < -0.4 is 9.75 Å². The van der Waals surface area contributed by atoms with Gasteiger partial charge in [0.15, 0.2) is 6.20 Å². The lowest BCUT2D eigenvalue weighted by Gasteiger charge is -2.42. The number of aromatic nitrogens is 1. The number of benzene rings is 3. The van der Waals surface area contributed by atoms with Crippen LogP contribution in [-0.4, -0.2) is 8.07 Å². The monoisotopic (exact) mass is 494 g/mol. The van der Waals surface area contributed by atoms with Gasteiger partial charge in [-0.2, -0.15) is 0 Å². The van der Waals surface area contributed by atoms with E-state index in [0.29, 0.717) is 11.0 Å². The number of nitrogens with zero attached hydrogens (tertiary/aromatic N) is 1. The van der Waals surface area contributed by atoms with E-state index in [1.54, 1.807) is 5.19 Å². The summed E-state index contributed by atoms with van der Waals surface area (Å²) in [6, 6.07) is 27.9. The molecule has 1 aromatic heterocycles. The first kappa shape index (κ1) is 26.4. The fraction of sp³-hybridized carbons (Fsp3) is 0.382. The maximum absolute atomic E-state index is 2.53. The van der Waals surface area contributed by atoms with E-state index < -0.39 is 8.07 Å². The third-order valence-electron chi connectivity index (χ3n) is 8.76. The van der Waals surface area contributed by atoms with Crippen LogP contribution in [0.2, 0.25) is 17.1 Å². The fourth-order valence-corrected chi connectivity index (χ4v) is 11.7. The molecule has 0 aliphatic heterocycles. The van der Waals surface area contributed by atoms with E-state index in [4.69, 9.17) is 0 Å². The van der Waals surface area contributed by atoms with Gasteiger partial charge in [-0.25, -0.2) is 4.57 Å². The highest BCUT2D eigenvalue weighted by Gasteiger charge is 2.42. The van der Waals surface area contributed by atoms with Gasteiger partial charge in [0.2, 0.25) is 5.69 Å². The topological polar surface area (TPSA) is 3.88 Å². The summed E-state index contributed by atoms with van der Waals surface area (Å²) in [6.07, 6.45) is 2.25. The minimum absolute atomic E-state index is 0.333. The van der Waals surface area contributed by atoms with Crippen molar-refractivity contribution >= 4 is 24.0 Å². The van der Waals surface area contributed by atoms with Crippen molar-refractivity contribution in [2.75, 3.05) is 0 Å². The Kier molecular flexibility index (Phi) is 7.30. The van der Waals surface area contributed by atoms with Gasteiger partial charge in [-0.05, 0) is 57.7 Å². The summed E-state index contributed by atoms with van der Waals surface area (Å²) < 4.78 is 2.32. The molecule has 0 saturated heterocycles. The van der Waals surface area contributed by atoms with Crippen molar-refractivity contribution in [1.29, 1.82) is 0 Å². The third-order valence-corrected chi connectivity index (χ3v) is 15.5. The maximum atomic E-state index is 2.53. The Hall–Kier alpha value is -2.71. The van der Waals surface area contributed by atoms with Crippen LogP contribution in [-0.2, 0) is 7.05 Å². The van der Waals surface area contributed by atoms with E-state index in [-0.39, 0.29) is 0 Å². The number of aryl methyl sites for hydroxylation is 1. The van der Waals surface area contributed by atoms with Gasteiger partial charge >= 0.3 is 0 Å². The zero-order chi connectivity index (χ0) is 26.3. The Labute approximate surface area is 220 Å². The van der Waals surface area contributed by atoms with E-state index >= 15 is 0 Å². The summed E-state index contributed by atoms with van der Waals surface area (Å²) in [5.74, 6) is 0.465. The normalized spacial score (nSPS) is 12.5. The van der Waals surface area contributed by atoms with Crippen molar-refractivity contribution in [1.82, 2.24) is 0 Å². The van der Waals surface area contributed by atoms with Crippen LogP contribution in [0.5, 0.6) is 0 Å². The van der Waals surface area contributed by atoms with Crippen LogP contribution in [0, 0.1) is 6.92 Å². The predicted molar refractivity (Wildman–Crippen MR) is 161 cm³/mol. The molecule has 4 rings (SSSR count). The predicted octanol–water partition coefficient (Wildman–Crippen LogP) is 8.93. The average Bonchev–Trinajstić information content (AvgIpc) is 2.85. The highest BCUT2D eigenvalue weighted by molar-refractivity contribution is 6.94. The smallest absolute Gasteiger partial charge is 0.200 e. The van der Waals surface area contributed by atoms with Gasteiger partial charge in [-0.15, -0.1) is 0 Å². The molecule has 0 unspecified atom stereocenters. The molecular formula is C34H44NSi+. The van der Waals surface area contributed by atoms with Crippen LogP contribution in [0.15, 0.2) is 72.9 Å². The molecule has 36 heavy (non-hydrogen) atoms. The van der Waals surface area contributed by atoms with E-state index in [9.17, 15) is 0 Å². The van der Waals surface area contributed by atoms with Crippen LogP contribution in [0.1, 0.15) is 65.5 Å². The molecule has 2 heteroatoms. The van der Waals surface area contributed by atoms with E-state index in [1.165, 1.54) is 56.4 Å². The lowest BCUT2D eigenvalue weighted by Crippen LogP contribution is -2.53.